The third-order valence-corrected chi connectivity index (χ3v) is 3.96. The average molecular weight is 376 g/mol. The number of rotatable bonds is 8. The Morgan fingerprint density at radius 2 is 2.00 bits per heavy atom. The minimum Gasteiger partial charge on any atom is -0.493 e. The van der Waals surface area contributed by atoms with Crippen molar-refractivity contribution in [3.05, 3.63) is 40.8 Å². The number of benzene rings is 1. The van der Waals surface area contributed by atoms with E-state index in [9.17, 15) is 9.59 Å². The number of aromatic nitrogens is 1. The molecule has 1 amide bonds. The van der Waals surface area contributed by atoms with Crippen molar-refractivity contribution < 1.29 is 28.3 Å². The second-order valence-corrected chi connectivity index (χ2v) is 5.90. The molecule has 1 aromatic carbocycles. The molecule has 2 aromatic rings. The van der Waals surface area contributed by atoms with E-state index in [1.807, 2.05) is 13.8 Å². The van der Waals surface area contributed by atoms with E-state index < -0.39 is 12.1 Å². The van der Waals surface area contributed by atoms with E-state index in [0.29, 0.717) is 23.8 Å². The van der Waals surface area contributed by atoms with Crippen LogP contribution in [0.2, 0.25) is 0 Å². The van der Waals surface area contributed by atoms with Gasteiger partial charge in [0.2, 0.25) is 0 Å². The lowest BCUT2D eigenvalue weighted by molar-refractivity contribution is -0.128. The molecule has 0 spiro atoms. The Labute approximate surface area is 157 Å². The number of carbonyl (C=O) groups is 2. The summed E-state index contributed by atoms with van der Waals surface area (Å²) >= 11 is 0. The maximum Gasteiger partial charge on any atom is 0.339 e. The summed E-state index contributed by atoms with van der Waals surface area (Å²) in [4.78, 5) is 24.0. The fourth-order valence-electron chi connectivity index (χ4n) is 2.37. The van der Waals surface area contributed by atoms with Gasteiger partial charge in [0.25, 0.3) is 5.91 Å². The summed E-state index contributed by atoms with van der Waals surface area (Å²) < 4.78 is 21.4. The van der Waals surface area contributed by atoms with Crippen LogP contribution >= 0.6 is 0 Å². The third-order valence-electron chi connectivity index (χ3n) is 3.96. The van der Waals surface area contributed by atoms with Crippen LogP contribution in [-0.4, -0.2) is 36.8 Å². The van der Waals surface area contributed by atoms with E-state index in [2.05, 4.69) is 10.5 Å². The topological polar surface area (TPSA) is 99.9 Å². The highest BCUT2D eigenvalue weighted by molar-refractivity contribution is 5.92. The first-order chi connectivity index (χ1) is 12.9. The summed E-state index contributed by atoms with van der Waals surface area (Å²) in [5.41, 5.74) is 1.87. The summed E-state index contributed by atoms with van der Waals surface area (Å²) in [5.74, 6) is 0.556. The van der Waals surface area contributed by atoms with Crippen molar-refractivity contribution in [2.75, 3.05) is 13.7 Å². The number of hydrogen-bond donors (Lipinski definition) is 1. The van der Waals surface area contributed by atoms with Gasteiger partial charge in [-0.15, -0.1) is 0 Å². The first kappa shape index (κ1) is 20.3. The minimum atomic E-state index is -0.890. The summed E-state index contributed by atoms with van der Waals surface area (Å²) in [7, 11) is 1.48. The summed E-state index contributed by atoms with van der Waals surface area (Å²) in [5, 5.41) is 6.48. The van der Waals surface area contributed by atoms with Crippen LogP contribution < -0.4 is 14.8 Å². The number of nitrogens with zero attached hydrogens (tertiary/aromatic N) is 1. The molecule has 0 radical (unpaired) electrons. The maximum absolute atomic E-state index is 12.3. The molecule has 146 valence electrons. The number of amides is 1. The molecular formula is C19H24N2O6. The molecule has 0 unspecified atom stereocenters. The van der Waals surface area contributed by atoms with Gasteiger partial charge in [-0.25, -0.2) is 4.79 Å². The van der Waals surface area contributed by atoms with Crippen molar-refractivity contribution in [1.29, 1.82) is 0 Å². The van der Waals surface area contributed by atoms with Crippen LogP contribution in [0.5, 0.6) is 11.5 Å². The molecule has 1 N–H and O–H groups in total. The monoisotopic (exact) mass is 376 g/mol. The number of methoxy groups -OCH3 is 1. The maximum atomic E-state index is 12.3. The van der Waals surface area contributed by atoms with E-state index in [1.54, 1.807) is 19.1 Å². The van der Waals surface area contributed by atoms with Gasteiger partial charge in [-0.2, -0.15) is 0 Å². The molecule has 0 fully saturated rings. The molecule has 8 heteroatoms. The number of ether oxygens (including phenoxy) is 3. The lowest BCUT2D eigenvalue weighted by atomic mass is 10.2. The zero-order chi connectivity index (χ0) is 20.0. The molecule has 8 nitrogen and oxygen atoms in total. The van der Waals surface area contributed by atoms with Crippen molar-refractivity contribution in [2.24, 2.45) is 0 Å². The normalized spacial score (nSPS) is 11.6. The Kier molecular flexibility index (Phi) is 6.81. The van der Waals surface area contributed by atoms with Gasteiger partial charge >= 0.3 is 5.97 Å². The minimum absolute atomic E-state index is 0.257. The molecule has 0 aliphatic heterocycles. The zero-order valence-corrected chi connectivity index (χ0v) is 16.1. The number of carbonyl (C=O) groups excluding carboxylic acids is 2. The standard InChI is InChI=1S/C19H24N2O6/c1-6-20-18(22)13(4)26-19(23)14-7-8-16(17(9-14)24-5)25-10-15-11(2)21-27-12(15)3/h7-9,13H,6,10H2,1-5H3,(H,20,22)/t13-/m1/s1. The lowest BCUT2D eigenvalue weighted by Crippen LogP contribution is -2.35. The quantitative estimate of drug-likeness (QED) is 0.707. The molecule has 1 atom stereocenters. The van der Waals surface area contributed by atoms with Crippen LogP contribution in [0.1, 0.15) is 41.2 Å². The van der Waals surface area contributed by atoms with Gasteiger partial charge in [0, 0.05) is 6.54 Å². The molecule has 1 heterocycles. The van der Waals surface area contributed by atoms with Gasteiger partial charge < -0.3 is 24.1 Å². The van der Waals surface area contributed by atoms with Crippen molar-refractivity contribution in [1.82, 2.24) is 10.5 Å². The highest BCUT2D eigenvalue weighted by Gasteiger charge is 2.20. The van der Waals surface area contributed by atoms with E-state index in [0.717, 1.165) is 11.3 Å². The van der Waals surface area contributed by atoms with Crippen LogP contribution in [0, 0.1) is 13.8 Å². The lowest BCUT2D eigenvalue weighted by Gasteiger charge is -2.14. The van der Waals surface area contributed by atoms with Gasteiger partial charge in [-0.3, -0.25) is 4.79 Å². The fourth-order valence-corrected chi connectivity index (χ4v) is 2.37. The Balaban J connectivity index is 2.08. The second-order valence-electron chi connectivity index (χ2n) is 5.90. The molecule has 0 aliphatic carbocycles. The Morgan fingerprint density at radius 1 is 1.26 bits per heavy atom. The molecule has 1 aromatic heterocycles. The van der Waals surface area contributed by atoms with Crippen molar-refractivity contribution in [3.63, 3.8) is 0 Å². The summed E-state index contributed by atoms with van der Waals surface area (Å²) in [6.45, 7) is 7.67. The molecular weight excluding hydrogens is 352 g/mol. The first-order valence-electron chi connectivity index (χ1n) is 8.58. The number of aryl methyl sites for hydroxylation is 2. The van der Waals surface area contributed by atoms with E-state index in [1.165, 1.54) is 20.1 Å². The largest absolute Gasteiger partial charge is 0.493 e. The zero-order valence-electron chi connectivity index (χ0n) is 16.1. The van der Waals surface area contributed by atoms with E-state index >= 15 is 0 Å². The first-order valence-corrected chi connectivity index (χ1v) is 8.58. The van der Waals surface area contributed by atoms with Crippen LogP contribution in [0.25, 0.3) is 0 Å². The van der Waals surface area contributed by atoms with E-state index in [-0.39, 0.29) is 18.1 Å². The predicted octanol–water partition coefficient (Wildman–Crippen LogP) is 2.56. The van der Waals surface area contributed by atoms with Gasteiger partial charge in [0.05, 0.1) is 23.9 Å². The molecule has 0 saturated carbocycles. The highest BCUT2D eigenvalue weighted by Crippen LogP contribution is 2.30. The Hall–Kier alpha value is -3.03. The Morgan fingerprint density at radius 3 is 2.59 bits per heavy atom. The smallest absolute Gasteiger partial charge is 0.339 e. The molecule has 0 saturated heterocycles. The predicted molar refractivity (Wildman–Crippen MR) is 96.9 cm³/mol. The second kappa shape index (κ2) is 9.07. The third kappa shape index (κ3) is 4.99. The number of likely N-dealkylation sites (N-methyl/N-ethyl adjacent to an activating group) is 1. The number of esters is 1. The SMILES string of the molecule is CCNC(=O)[C@@H](C)OC(=O)c1ccc(OCc2c(C)noc2C)c(OC)c1. The van der Waals surface area contributed by atoms with Crippen LogP contribution in [0.3, 0.4) is 0 Å². The molecule has 2 rings (SSSR count). The van der Waals surface area contributed by atoms with Crippen LogP contribution in [0.4, 0.5) is 0 Å². The molecule has 0 bridgehead atoms. The van der Waals surface area contributed by atoms with E-state index in [4.69, 9.17) is 18.7 Å². The van der Waals surface area contributed by atoms with Gasteiger partial charge in [0.15, 0.2) is 17.6 Å². The fraction of sp³-hybridized carbons (Fsp3) is 0.421. The van der Waals surface area contributed by atoms with Gasteiger partial charge in [-0.1, -0.05) is 5.16 Å². The highest BCUT2D eigenvalue weighted by atomic mass is 16.5. The van der Waals surface area contributed by atoms with Gasteiger partial charge in [0.1, 0.15) is 12.4 Å². The number of nitrogens with one attached hydrogen (secondary N) is 1. The van der Waals surface area contributed by atoms with Crippen molar-refractivity contribution in [3.8, 4) is 11.5 Å². The average Bonchev–Trinajstić information content (AvgIpc) is 2.97. The van der Waals surface area contributed by atoms with Crippen LogP contribution in [-0.2, 0) is 16.1 Å². The summed E-state index contributed by atoms with van der Waals surface area (Å²) in [6, 6.07) is 4.68. The van der Waals surface area contributed by atoms with Crippen LogP contribution in [0.15, 0.2) is 22.7 Å². The Bertz CT molecular complexity index is 795. The summed E-state index contributed by atoms with van der Waals surface area (Å²) in [6.07, 6.45) is -0.890. The van der Waals surface area contributed by atoms with Crippen molar-refractivity contribution >= 4 is 11.9 Å². The number of hydrogen-bond acceptors (Lipinski definition) is 7. The molecule has 27 heavy (non-hydrogen) atoms. The molecule has 0 aliphatic rings. The van der Waals surface area contributed by atoms with Crippen molar-refractivity contribution in [2.45, 2.75) is 40.4 Å². The van der Waals surface area contributed by atoms with Gasteiger partial charge in [-0.05, 0) is 45.9 Å².